The summed E-state index contributed by atoms with van der Waals surface area (Å²) in [5, 5.41) is 10.3. The van der Waals surface area contributed by atoms with E-state index in [-0.39, 0.29) is 17.2 Å². The molecule has 0 saturated heterocycles. The molecule has 1 heterocycles. The predicted octanol–water partition coefficient (Wildman–Crippen LogP) is 0.738. The van der Waals surface area contributed by atoms with Crippen LogP contribution in [-0.2, 0) is 19.6 Å². The Morgan fingerprint density at radius 3 is 2.62 bits per heavy atom. The molecule has 21 heavy (non-hydrogen) atoms. The quantitative estimate of drug-likeness (QED) is 0.730. The Morgan fingerprint density at radius 1 is 1.48 bits per heavy atom. The number of nitrogens with one attached hydrogen (secondary N) is 1. The van der Waals surface area contributed by atoms with Gasteiger partial charge in [0.25, 0.3) is 10.0 Å². The summed E-state index contributed by atoms with van der Waals surface area (Å²) in [4.78, 5) is 24.0. The number of carboxylic acids is 1. The fraction of sp³-hybridized carbons (Fsp3) is 0.500. The highest BCUT2D eigenvalue weighted by Gasteiger charge is 2.25. The van der Waals surface area contributed by atoms with E-state index in [9.17, 15) is 18.0 Å². The van der Waals surface area contributed by atoms with Gasteiger partial charge in [0.15, 0.2) is 0 Å². The maximum Gasteiger partial charge on any atom is 0.305 e. The molecule has 1 aromatic rings. The van der Waals surface area contributed by atoms with Gasteiger partial charge in [-0.2, -0.15) is 4.72 Å². The molecule has 0 aliphatic heterocycles. The number of amides is 1. The van der Waals surface area contributed by atoms with E-state index in [1.807, 2.05) is 0 Å². The molecule has 9 heteroatoms. The van der Waals surface area contributed by atoms with Crippen LogP contribution in [0.3, 0.4) is 0 Å². The Morgan fingerprint density at radius 2 is 2.14 bits per heavy atom. The van der Waals surface area contributed by atoms with E-state index in [2.05, 4.69) is 4.72 Å². The summed E-state index contributed by atoms with van der Waals surface area (Å²) in [7, 11) is -3.73. The Balaban J connectivity index is 2.71. The van der Waals surface area contributed by atoms with Crippen LogP contribution in [0.5, 0.6) is 0 Å². The number of thiophene rings is 1. The second-order valence-corrected chi connectivity index (χ2v) is 7.23. The molecule has 1 rings (SSSR count). The molecule has 1 atom stereocenters. The Kier molecular flexibility index (Phi) is 6.31. The van der Waals surface area contributed by atoms with Gasteiger partial charge in [0.1, 0.15) is 4.21 Å². The molecule has 0 fully saturated rings. The summed E-state index contributed by atoms with van der Waals surface area (Å²) in [6, 6.07) is 2.11. The average molecular weight is 334 g/mol. The lowest BCUT2D eigenvalue weighted by molar-refractivity contribution is -0.138. The van der Waals surface area contributed by atoms with Crippen molar-refractivity contribution in [1.82, 2.24) is 9.62 Å². The van der Waals surface area contributed by atoms with Gasteiger partial charge in [-0.15, -0.1) is 11.3 Å². The zero-order chi connectivity index (χ0) is 16.0. The topological polar surface area (TPSA) is 104 Å². The maximum atomic E-state index is 12.1. The fourth-order valence-corrected chi connectivity index (χ4v) is 3.89. The Bertz CT molecular complexity index is 583. The van der Waals surface area contributed by atoms with Crippen LogP contribution < -0.4 is 4.72 Å². The first kappa shape index (κ1) is 17.6. The lowest BCUT2D eigenvalue weighted by atomic mass is 10.3. The molecule has 0 bridgehead atoms. The summed E-state index contributed by atoms with van der Waals surface area (Å²) in [6.45, 7) is 3.52. The first-order valence-electron chi connectivity index (χ1n) is 6.34. The summed E-state index contributed by atoms with van der Waals surface area (Å²) < 4.78 is 26.5. The van der Waals surface area contributed by atoms with Crippen LogP contribution in [0, 0.1) is 0 Å². The van der Waals surface area contributed by atoms with Crippen molar-refractivity contribution in [1.29, 1.82) is 0 Å². The molecule has 2 N–H and O–H groups in total. The zero-order valence-electron chi connectivity index (χ0n) is 11.8. The van der Waals surface area contributed by atoms with Crippen molar-refractivity contribution >= 4 is 33.2 Å². The van der Waals surface area contributed by atoms with E-state index in [1.165, 1.54) is 17.9 Å². The van der Waals surface area contributed by atoms with Crippen LogP contribution in [-0.4, -0.2) is 49.4 Å². The van der Waals surface area contributed by atoms with Crippen LogP contribution in [0.25, 0.3) is 0 Å². The van der Waals surface area contributed by atoms with Crippen LogP contribution in [0.15, 0.2) is 21.7 Å². The van der Waals surface area contributed by atoms with Gasteiger partial charge in [0, 0.05) is 13.1 Å². The minimum absolute atomic E-state index is 0.0513. The molecule has 0 spiro atoms. The third kappa shape index (κ3) is 5.10. The van der Waals surface area contributed by atoms with Crippen molar-refractivity contribution in [3.05, 3.63) is 17.5 Å². The predicted molar refractivity (Wildman–Crippen MR) is 78.6 cm³/mol. The SMILES string of the molecule is CCN(CCC(=O)O)C(=O)C(C)NS(=O)(=O)c1cccs1. The summed E-state index contributed by atoms with van der Waals surface area (Å²) in [5.41, 5.74) is 0. The van der Waals surface area contributed by atoms with E-state index in [1.54, 1.807) is 18.4 Å². The number of nitrogens with zero attached hydrogens (tertiary/aromatic N) is 1. The second-order valence-electron chi connectivity index (χ2n) is 4.34. The molecule has 1 aromatic heterocycles. The fourth-order valence-electron chi connectivity index (χ4n) is 1.69. The Labute approximate surface area is 127 Å². The van der Waals surface area contributed by atoms with Gasteiger partial charge in [-0.1, -0.05) is 6.07 Å². The van der Waals surface area contributed by atoms with Gasteiger partial charge >= 0.3 is 5.97 Å². The number of carbonyl (C=O) groups excluding carboxylic acids is 1. The smallest absolute Gasteiger partial charge is 0.305 e. The van der Waals surface area contributed by atoms with Crippen LogP contribution in [0.1, 0.15) is 20.3 Å². The monoisotopic (exact) mass is 334 g/mol. The van der Waals surface area contributed by atoms with E-state index in [0.29, 0.717) is 6.54 Å². The second kappa shape index (κ2) is 7.53. The number of likely N-dealkylation sites (N-methyl/N-ethyl adjacent to an activating group) is 1. The van der Waals surface area contributed by atoms with Crippen LogP contribution in [0.2, 0.25) is 0 Å². The number of rotatable bonds is 8. The number of hydrogen-bond donors (Lipinski definition) is 2. The van der Waals surface area contributed by atoms with Crippen LogP contribution >= 0.6 is 11.3 Å². The number of hydrogen-bond acceptors (Lipinski definition) is 5. The highest BCUT2D eigenvalue weighted by molar-refractivity contribution is 7.91. The maximum absolute atomic E-state index is 12.1. The van der Waals surface area contributed by atoms with Gasteiger partial charge in [-0.05, 0) is 25.3 Å². The van der Waals surface area contributed by atoms with Crippen molar-refractivity contribution in [2.45, 2.75) is 30.5 Å². The molecule has 0 aromatic carbocycles. The van der Waals surface area contributed by atoms with E-state index in [4.69, 9.17) is 5.11 Å². The molecule has 0 radical (unpaired) electrons. The van der Waals surface area contributed by atoms with Gasteiger partial charge in [-0.3, -0.25) is 9.59 Å². The molecular formula is C12H18N2O5S2. The minimum atomic E-state index is -3.73. The van der Waals surface area contributed by atoms with Crippen molar-refractivity contribution in [2.75, 3.05) is 13.1 Å². The first-order chi connectivity index (χ1) is 9.77. The van der Waals surface area contributed by atoms with Crippen molar-refractivity contribution in [2.24, 2.45) is 0 Å². The van der Waals surface area contributed by atoms with Gasteiger partial charge in [-0.25, -0.2) is 8.42 Å². The van der Waals surface area contributed by atoms with E-state index < -0.39 is 27.9 Å². The van der Waals surface area contributed by atoms with E-state index >= 15 is 0 Å². The minimum Gasteiger partial charge on any atom is -0.481 e. The van der Waals surface area contributed by atoms with Gasteiger partial charge in [0.2, 0.25) is 5.91 Å². The van der Waals surface area contributed by atoms with Crippen molar-refractivity contribution < 1.29 is 23.1 Å². The summed E-state index contributed by atoms with van der Waals surface area (Å²) in [5.74, 6) is -1.45. The molecular weight excluding hydrogens is 316 g/mol. The summed E-state index contributed by atoms with van der Waals surface area (Å²) in [6.07, 6.45) is -0.177. The zero-order valence-corrected chi connectivity index (χ0v) is 13.4. The Hall–Kier alpha value is -1.45. The molecule has 7 nitrogen and oxygen atoms in total. The molecule has 0 aliphatic carbocycles. The van der Waals surface area contributed by atoms with Gasteiger partial charge in [0.05, 0.1) is 12.5 Å². The van der Waals surface area contributed by atoms with Gasteiger partial charge < -0.3 is 10.0 Å². The standard InChI is InChI=1S/C12H18N2O5S2/c1-3-14(7-6-10(15)16)12(17)9(2)13-21(18,19)11-5-4-8-20-11/h4-5,8-9,13H,3,6-7H2,1-2H3,(H,15,16). The molecule has 1 unspecified atom stereocenters. The highest BCUT2D eigenvalue weighted by Crippen LogP contribution is 2.16. The first-order valence-corrected chi connectivity index (χ1v) is 8.70. The number of carbonyl (C=O) groups is 2. The number of sulfonamides is 1. The molecule has 1 amide bonds. The lowest BCUT2D eigenvalue weighted by Crippen LogP contribution is -2.47. The molecule has 0 aliphatic rings. The summed E-state index contributed by atoms with van der Waals surface area (Å²) >= 11 is 1.06. The van der Waals surface area contributed by atoms with Crippen molar-refractivity contribution in [3.8, 4) is 0 Å². The number of aliphatic carboxylic acids is 1. The van der Waals surface area contributed by atoms with Crippen molar-refractivity contribution in [3.63, 3.8) is 0 Å². The largest absolute Gasteiger partial charge is 0.481 e. The lowest BCUT2D eigenvalue weighted by Gasteiger charge is -2.24. The molecule has 0 saturated carbocycles. The normalized spacial score (nSPS) is 12.9. The number of carboxylic acid groups (broad SMARTS) is 1. The molecule has 118 valence electrons. The van der Waals surface area contributed by atoms with E-state index in [0.717, 1.165) is 11.3 Å². The highest BCUT2D eigenvalue weighted by atomic mass is 32.2. The third-order valence-corrected chi connectivity index (χ3v) is 5.69. The van der Waals surface area contributed by atoms with Crippen LogP contribution in [0.4, 0.5) is 0 Å². The third-order valence-electron chi connectivity index (χ3n) is 2.75. The average Bonchev–Trinajstić information content (AvgIpc) is 2.93.